The number of hydrogen-bond donors (Lipinski definition) is 2. The van der Waals surface area contributed by atoms with Crippen LogP contribution in [-0.4, -0.2) is 17.1 Å². The normalized spacial score (nSPS) is 20.2. The second-order valence-electron chi connectivity index (χ2n) is 5.89. The van der Waals surface area contributed by atoms with E-state index in [9.17, 15) is 9.90 Å². The van der Waals surface area contributed by atoms with Crippen molar-refractivity contribution < 1.29 is 14.6 Å². The molecule has 1 aliphatic carbocycles. The molecule has 3 rings (SSSR count). The van der Waals surface area contributed by atoms with Gasteiger partial charge in [0.05, 0.1) is 12.0 Å². The average Bonchev–Trinajstić information content (AvgIpc) is 3.01. The third kappa shape index (κ3) is 4.11. The molecule has 2 unspecified atom stereocenters. The number of amides is 1. The molecule has 1 aliphatic rings. The maximum Gasteiger partial charge on any atom is 0.230 e. The summed E-state index contributed by atoms with van der Waals surface area (Å²) in [5, 5.41) is 12.7. The Kier molecular flexibility index (Phi) is 4.93. The fraction of sp³-hybridized carbons (Fsp3) is 0.316. The minimum absolute atomic E-state index is 0.0942. The van der Waals surface area contributed by atoms with E-state index in [1.54, 1.807) is 0 Å². The number of carbonyl (C=O) groups excluding carboxylic acids is 1. The van der Waals surface area contributed by atoms with Gasteiger partial charge in [-0.2, -0.15) is 0 Å². The number of carbonyl (C=O) groups is 1. The molecule has 0 spiro atoms. The summed E-state index contributed by atoms with van der Waals surface area (Å²) in [7, 11) is 0. The molecule has 2 aromatic carbocycles. The van der Waals surface area contributed by atoms with Gasteiger partial charge in [0, 0.05) is 5.69 Å². The molecule has 120 valence electrons. The van der Waals surface area contributed by atoms with Gasteiger partial charge in [-0.3, -0.25) is 4.79 Å². The van der Waals surface area contributed by atoms with Crippen LogP contribution >= 0.6 is 0 Å². The third-order valence-electron chi connectivity index (χ3n) is 4.19. The highest BCUT2D eigenvalue weighted by Gasteiger charge is 2.31. The van der Waals surface area contributed by atoms with E-state index in [1.807, 2.05) is 54.6 Å². The van der Waals surface area contributed by atoms with E-state index in [4.69, 9.17) is 4.74 Å². The highest BCUT2D eigenvalue weighted by Crippen LogP contribution is 2.26. The van der Waals surface area contributed by atoms with Gasteiger partial charge in [0.15, 0.2) is 0 Å². The van der Waals surface area contributed by atoms with Gasteiger partial charge in [0.25, 0.3) is 0 Å². The average molecular weight is 311 g/mol. The number of para-hydroxylation sites is 1. The molecule has 23 heavy (non-hydrogen) atoms. The number of aliphatic hydroxyl groups is 1. The molecule has 1 amide bonds. The van der Waals surface area contributed by atoms with Crippen molar-refractivity contribution in [3.8, 4) is 5.75 Å². The second-order valence-corrected chi connectivity index (χ2v) is 5.89. The van der Waals surface area contributed by atoms with Crippen molar-refractivity contribution in [2.45, 2.75) is 32.0 Å². The van der Waals surface area contributed by atoms with E-state index in [-0.39, 0.29) is 11.8 Å². The quantitative estimate of drug-likeness (QED) is 0.890. The van der Waals surface area contributed by atoms with Gasteiger partial charge >= 0.3 is 0 Å². The predicted molar refractivity (Wildman–Crippen MR) is 89.2 cm³/mol. The SMILES string of the molecule is O=C(Nc1ccc(COc2ccccc2)cc1)C1CCCC1O. The van der Waals surface area contributed by atoms with Crippen molar-refractivity contribution in [3.63, 3.8) is 0 Å². The van der Waals surface area contributed by atoms with Crippen LogP contribution in [-0.2, 0) is 11.4 Å². The Labute approximate surface area is 136 Å². The van der Waals surface area contributed by atoms with Crippen LogP contribution in [0.15, 0.2) is 54.6 Å². The molecule has 2 atom stereocenters. The first-order chi connectivity index (χ1) is 11.2. The lowest BCUT2D eigenvalue weighted by molar-refractivity contribution is -0.122. The summed E-state index contributed by atoms with van der Waals surface area (Å²) >= 11 is 0. The van der Waals surface area contributed by atoms with E-state index in [0.717, 1.165) is 29.8 Å². The van der Waals surface area contributed by atoms with E-state index in [2.05, 4.69) is 5.32 Å². The van der Waals surface area contributed by atoms with Crippen molar-refractivity contribution in [1.82, 2.24) is 0 Å². The molecular weight excluding hydrogens is 290 g/mol. The topological polar surface area (TPSA) is 58.6 Å². The monoisotopic (exact) mass is 311 g/mol. The molecule has 0 aromatic heterocycles. The summed E-state index contributed by atoms with van der Waals surface area (Å²) in [4.78, 5) is 12.1. The molecule has 0 aliphatic heterocycles. The first-order valence-electron chi connectivity index (χ1n) is 7.98. The lowest BCUT2D eigenvalue weighted by Gasteiger charge is -2.14. The van der Waals surface area contributed by atoms with E-state index in [0.29, 0.717) is 13.0 Å². The van der Waals surface area contributed by atoms with Crippen molar-refractivity contribution >= 4 is 11.6 Å². The third-order valence-corrected chi connectivity index (χ3v) is 4.19. The number of ether oxygens (including phenoxy) is 1. The molecule has 0 heterocycles. The molecular formula is C19H21NO3. The van der Waals surface area contributed by atoms with Crippen molar-refractivity contribution in [1.29, 1.82) is 0 Å². The molecule has 0 bridgehead atoms. The Bertz CT molecular complexity index is 639. The smallest absolute Gasteiger partial charge is 0.230 e. The number of aliphatic hydroxyl groups excluding tert-OH is 1. The predicted octanol–water partition coefficient (Wildman–Crippen LogP) is 3.37. The summed E-state index contributed by atoms with van der Waals surface area (Å²) in [5.41, 5.74) is 1.78. The van der Waals surface area contributed by atoms with Crippen LogP contribution in [0.3, 0.4) is 0 Å². The van der Waals surface area contributed by atoms with Gasteiger partial charge in [0.2, 0.25) is 5.91 Å². The largest absolute Gasteiger partial charge is 0.489 e. The van der Waals surface area contributed by atoms with Crippen LogP contribution in [0.25, 0.3) is 0 Å². The van der Waals surface area contributed by atoms with Gasteiger partial charge in [-0.1, -0.05) is 30.3 Å². The second kappa shape index (κ2) is 7.29. The Hall–Kier alpha value is -2.33. The number of hydrogen-bond acceptors (Lipinski definition) is 3. The molecule has 4 nitrogen and oxygen atoms in total. The minimum Gasteiger partial charge on any atom is -0.489 e. The van der Waals surface area contributed by atoms with Crippen molar-refractivity contribution in [2.24, 2.45) is 5.92 Å². The van der Waals surface area contributed by atoms with Gasteiger partial charge in [0.1, 0.15) is 12.4 Å². The zero-order valence-corrected chi connectivity index (χ0v) is 12.9. The summed E-state index contributed by atoms with van der Waals surface area (Å²) < 4.78 is 5.69. The molecule has 0 saturated heterocycles. The van der Waals surface area contributed by atoms with Gasteiger partial charge in [-0.15, -0.1) is 0 Å². The van der Waals surface area contributed by atoms with Crippen LogP contribution in [0.2, 0.25) is 0 Å². The Morgan fingerprint density at radius 3 is 2.48 bits per heavy atom. The van der Waals surface area contributed by atoms with E-state index >= 15 is 0 Å². The fourth-order valence-corrected chi connectivity index (χ4v) is 2.85. The number of benzene rings is 2. The van der Waals surface area contributed by atoms with Crippen molar-refractivity contribution in [3.05, 3.63) is 60.2 Å². The van der Waals surface area contributed by atoms with Crippen molar-refractivity contribution in [2.75, 3.05) is 5.32 Å². The molecule has 2 N–H and O–H groups in total. The molecule has 4 heteroatoms. The summed E-state index contributed by atoms with van der Waals surface area (Å²) in [6.07, 6.45) is 1.88. The number of rotatable bonds is 5. The first-order valence-corrected chi connectivity index (χ1v) is 7.98. The van der Waals surface area contributed by atoms with Crippen LogP contribution in [0, 0.1) is 5.92 Å². The molecule has 2 aromatic rings. The maximum atomic E-state index is 12.1. The Balaban J connectivity index is 1.53. The standard InChI is InChI=1S/C19H21NO3/c21-18-8-4-7-17(18)19(22)20-15-11-9-14(10-12-15)13-23-16-5-2-1-3-6-16/h1-3,5-6,9-12,17-18,21H,4,7-8,13H2,(H,20,22). The fourth-order valence-electron chi connectivity index (χ4n) is 2.85. The minimum atomic E-state index is -0.506. The van der Waals surface area contributed by atoms with Crippen LogP contribution in [0.1, 0.15) is 24.8 Å². The first kappa shape index (κ1) is 15.6. The zero-order valence-electron chi connectivity index (χ0n) is 12.9. The highest BCUT2D eigenvalue weighted by atomic mass is 16.5. The molecule has 0 radical (unpaired) electrons. The lowest BCUT2D eigenvalue weighted by atomic mass is 10.1. The molecule has 1 fully saturated rings. The zero-order chi connectivity index (χ0) is 16.1. The van der Waals surface area contributed by atoms with Crippen LogP contribution < -0.4 is 10.1 Å². The van der Waals surface area contributed by atoms with Crippen LogP contribution in [0.4, 0.5) is 5.69 Å². The number of anilines is 1. The maximum absolute atomic E-state index is 12.1. The number of nitrogens with one attached hydrogen (secondary N) is 1. The highest BCUT2D eigenvalue weighted by molar-refractivity contribution is 5.93. The summed E-state index contributed by atoms with van der Waals surface area (Å²) in [6, 6.07) is 17.3. The summed E-state index contributed by atoms with van der Waals surface area (Å²) in [5.74, 6) is 0.458. The van der Waals surface area contributed by atoms with E-state index < -0.39 is 6.10 Å². The Morgan fingerprint density at radius 2 is 1.83 bits per heavy atom. The van der Waals surface area contributed by atoms with Gasteiger partial charge < -0.3 is 15.2 Å². The Morgan fingerprint density at radius 1 is 1.09 bits per heavy atom. The van der Waals surface area contributed by atoms with Gasteiger partial charge in [-0.25, -0.2) is 0 Å². The van der Waals surface area contributed by atoms with Crippen LogP contribution in [0.5, 0.6) is 5.75 Å². The van der Waals surface area contributed by atoms with Gasteiger partial charge in [-0.05, 0) is 49.1 Å². The molecule has 1 saturated carbocycles. The lowest BCUT2D eigenvalue weighted by Crippen LogP contribution is -2.28. The summed E-state index contributed by atoms with van der Waals surface area (Å²) in [6.45, 7) is 0.486. The van der Waals surface area contributed by atoms with E-state index in [1.165, 1.54) is 0 Å².